The number of ether oxygens (including phenoxy) is 1. The van der Waals surface area contributed by atoms with Crippen LogP contribution in [0.3, 0.4) is 0 Å². The second-order valence-corrected chi connectivity index (χ2v) is 1.51. The smallest absolute Gasteiger partial charge is 0.118 e. The van der Waals surface area contributed by atoms with Crippen LogP contribution in [0.2, 0.25) is 0 Å². The zero-order valence-electron chi connectivity index (χ0n) is 5.92. The maximum atomic E-state index is 4.93. The summed E-state index contributed by atoms with van der Waals surface area (Å²) in [6.07, 6.45) is 7.29. The maximum absolute atomic E-state index is 4.93. The summed E-state index contributed by atoms with van der Waals surface area (Å²) in [6, 6.07) is 0. The van der Waals surface area contributed by atoms with Gasteiger partial charge in [0, 0.05) is 0 Å². The first-order valence-electron chi connectivity index (χ1n) is 2.84. The Morgan fingerprint density at radius 3 is 2.56 bits per heavy atom. The van der Waals surface area contributed by atoms with Crippen LogP contribution in [0.5, 0.6) is 0 Å². The summed E-state index contributed by atoms with van der Waals surface area (Å²) < 4.78 is 4.93. The molecule has 0 heterocycles. The maximum Gasteiger partial charge on any atom is 0.118 e. The van der Waals surface area contributed by atoms with Crippen LogP contribution >= 0.6 is 0 Å². The molecule has 0 spiro atoms. The van der Waals surface area contributed by atoms with Gasteiger partial charge in [-0.3, -0.25) is 0 Å². The molecule has 9 heavy (non-hydrogen) atoms. The lowest BCUT2D eigenvalue weighted by atomic mass is 10.4. The molecule has 0 saturated heterocycles. The summed E-state index contributed by atoms with van der Waals surface area (Å²) in [6.45, 7) is 5.48. The molecule has 0 amide bonds. The Labute approximate surface area is 56.3 Å². The molecule has 0 bridgehead atoms. The lowest BCUT2D eigenvalue weighted by molar-refractivity contribution is 0.307. The summed E-state index contributed by atoms with van der Waals surface area (Å²) in [5.41, 5.74) is 0. The Balaban J connectivity index is 3.96. The summed E-state index contributed by atoms with van der Waals surface area (Å²) in [7, 11) is 1.63. The Morgan fingerprint density at radius 1 is 1.56 bits per heavy atom. The molecular weight excluding hydrogens is 112 g/mol. The zero-order valence-corrected chi connectivity index (χ0v) is 5.92. The molecule has 0 aliphatic carbocycles. The van der Waals surface area contributed by atoms with E-state index in [0.717, 1.165) is 5.76 Å². The molecule has 0 unspecified atom stereocenters. The highest BCUT2D eigenvalue weighted by Gasteiger charge is 1.81. The lowest BCUT2D eigenvalue weighted by Crippen LogP contribution is -1.78. The second kappa shape index (κ2) is 5.16. The minimum absolute atomic E-state index is 0.826. The molecule has 1 heteroatoms. The normalized spacial score (nSPS) is 12.0. The lowest BCUT2D eigenvalue weighted by Gasteiger charge is -1.95. The molecule has 0 aromatic carbocycles. The van der Waals surface area contributed by atoms with Gasteiger partial charge in [0.2, 0.25) is 0 Å². The Kier molecular flexibility index (Phi) is 4.60. The van der Waals surface area contributed by atoms with Gasteiger partial charge in [-0.15, -0.1) is 0 Å². The third-order valence-electron chi connectivity index (χ3n) is 0.849. The van der Waals surface area contributed by atoms with E-state index >= 15 is 0 Å². The van der Waals surface area contributed by atoms with Crippen LogP contribution in [-0.4, -0.2) is 7.11 Å². The predicted molar refractivity (Wildman–Crippen MR) is 40.1 cm³/mol. The Hall–Kier alpha value is -0.980. The molecule has 0 rings (SSSR count). The van der Waals surface area contributed by atoms with Gasteiger partial charge in [-0.2, -0.15) is 0 Å². The molecule has 1 nitrogen and oxygen atoms in total. The summed E-state index contributed by atoms with van der Waals surface area (Å²) in [5.74, 6) is 0.826. The van der Waals surface area contributed by atoms with Gasteiger partial charge in [-0.25, -0.2) is 0 Å². The van der Waals surface area contributed by atoms with Crippen molar-refractivity contribution in [2.24, 2.45) is 0 Å². The van der Waals surface area contributed by atoms with Crippen LogP contribution in [0.1, 0.15) is 6.92 Å². The van der Waals surface area contributed by atoms with Gasteiger partial charge in [0.15, 0.2) is 0 Å². The van der Waals surface area contributed by atoms with E-state index in [2.05, 4.69) is 6.58 Å². The standard InChI is InChI=1S/C8H12O/c1-4-6-8(9-3)7-5-2/h4-7H,1H2,2-3H3. The molecule has 50 valence electrons. The van der Waals surface area contributed by atoms with Crippen LogP contribution in [0.15, 0.2) is 36.6 Å². The highest BCUT2D eigenvalue weighted by molar-refractivity contribution is 5.16. The van der Waals surface area contributed by atoms with Gasteiger partial charge >= 0.3 is 0 Å². The molecule has 0 saturated carbocycles. The fourth-order valence-corrected chi connectivity index (χ4v) is 0.472. The zero-order chi connectivity index (χ0) is 7.11. The van der Waals surface area contributed by atoms with E-state index in [0.29, 0.717) is 0 Å². The largest absolute Gasteiger partial charge is 0.497 e. The van der Waals surface area contributed by atoms with Crippen LogP contribution in [-0.2, 0) is 4.74 Å². The molecule has 0 atom stereocenters. The fraction of sp³-hybridized carbons (Fsp3) is 0.250. The first-order chi connectivity index (χ1) is 4.35. The van der Waals surface area contributed by atoms with Gasteiger partial charge < -0.3 is 4.74 Å². The van der Waals surface area contributed by atoms with Crippen LogP contribution in [0.25, 0.3) is 0 Å². The van der Waals surface area contributed by atoms with Gasteiger partial charge in [0.05, 0.1) is 7.11 Å². The van der Waals surface area contributed by atoms with Crippen molar-refractivity contribution < 1.29 is 4.74 Å². The molecule has 0 aliphatic rings. The SMILES string of the molecule is C=CC=C(C=CC)OC. The molecule has 0 fully saturated rings. The van der Waals surface area contributed by atoms with Crippen LogP contribution in [0.4, 0.5) is 0 Å². The average molecular weight is 124 g/mol. The monoisotopic (exact) mass is 124 g/mol. The van der Waals surface area contributed by atoms with E-state index in [1.807, 2.05) is 19.1 Å². The van der Waals surface area contributed by atoms with Gasteiger partial charge in [-0.1, -0.05) is 18.7 Å². The molecule has 0 N–H and O–H groups in total. The van der Waals surface area contributed by atoms with Crippen molar-refractivity contribution in [1.82, 2.24) is 0 Å². The summed E-state index contributed by atoms with van der Waals surface area (Å²) >= 11 is 0. The first-order valence-corrected chi connectivity index (χ1v) is 2.84. The van der Waals surface area contributed by atoms with Crippen molar-refractivity contribution in [2.45, 2.75) is 6.92 Å². The van der Waals surface area contributed by atoms with Crippen molar-refractivity contribution >= 4 is 0 Å². The third kappa shape index (κ3) is 3.59. The first kappa shape index (κ1) is 8.02. The number of rotatable bonds is 3. The quantitative estimate of drug-likeness (QED) is 0.414. The van der Waals surface area contributed by atoms with Crippen molar-refractivity contribution in [2.75, 3.05) is 7.11 Å². The number of hydrogen-bond donors (Lipinski definition) is 0. The Bertz CT molecular complexity index is 132. The van der Waals surface area contributed by atoms with E-state index in [4.69, 9.17) is 4.74 Å². The second-order valence-electron chi connectivity index (χ2n) is 1.51. The minimum Gasteiger partial charge on any atom is -0.497 e. The van der Waals surface area contributed by atoms with Crippen molar-refractivity contribution in [3.8, 4) is 0 Å². The van der Waals surface area contributed by atoms with Crippen LogP contribution < -0.4 is 0 Å². The van der Waals surface area contributed by atoms with Crippen molar-refractivity contribution in [3.63, 3.8) is 0 Å². The van der Waals surface area contributed by atoms with E-state index < -0.39 is 0 Å². The molecular formula is C8H12O. The topological polar surface area (TPSA) is 9.23 Å². The van der Waals surface area contributed by atoms with Crippen LogP contribution in [0, 0.1) is 0 Å². The van der Waals surface area contributed by atoms with Crippen molar-refractivity contribution in [1.29, 1.82) is 0 Å². The number of methoxy groups -OCH3 is 1. The molecule has 0 aliphatic heterocycles. The highest BCUT2D eigenvalue weighted by Crippen LogP contribution is 1.96. The van der Waals surface area contributed by atoms with E-state index in [1.54, 1.807) is 19.3 Å². The molecule has 0 aromatic rings. The third-order valence-corrected chi connectivity index (χ3v) is 0.849. The van der Waals surface area contributed by atoms with E-state index in [-0.39, 0.29) is 0 Å². The van der Waals surface area contributed by atoms with E-state index in [9.17, 15) is 0 Å². The highest BCUT2D eigenvalue weighted by atomic mass is 16.5. The van der Waals surface area contributed by atoms with Gasteiger partial charge in [0.1, 0.15) is 5.76 Å². The number of allylic oxidation sites excluding steroid dienone is 4. The van der Waals surface area contributed by atoms with Crippen molar-refractivity contribution in [3.05, 3.63) is 36.6 Å². The average Bonchev–Trinajstić information content (AvgIpc) is 1.88. The van der Waals surface area contributed by atoms with Gasteiger partial charge in [-0.05, 0) is 19.1 Å². The predicted octanol–water partition coefficient (Wildman–Crippen LogP) is 2.28. The molecule has 0 radical (unpaired) electrons. The summed E-state index contributed by atoms with van der Waals surface area (Å²) in [5, 5.41) is 0. The fourth-order valence-electron chi connectivity index (χ4n) is 0.472. The number of hydrogen-bond acceptors (Lipinski definition) is 1. The van der Waals surface area contributed by atoms with Gasteiger partial charge in [0.25, 0.3) is 0 Å². The van der Waals surface area contributed by atoms with E-state index in [1.165, 1.54) is 0 Å². The Morgan fingerprint density at radius 2 is 2.22 bits per heavy atom. The summed E-state index contributed by atoms with van der Waals surface area (Å²) in [4.78, 5) is 0. The molecule has 0 aromatic heterocycles. The minimum atomic E-state index is 0.826.